The molecule has 0 aliphatic heterocycles. The van der Waals surface area contributed by atoms with E-state index in [2.05, 4.69) is 10.5 Å². The number of hydrazone groups is 1. The van der Waals surface area contributed by atoms with Gasteiger partial charge in [-0.1, -0.05) is 0 Å². The molecule has 0 spiro atoms. The smallest absolute Gasteiger partial charge is 0.269 e. The first-order valence-electron chi connectivity index (χ1n) is 5.77. The van der Waals surface area contributed by atoms with Gasteiger partial charge in [-0.3, -0.25) is 20.3 Å². The molecule has 6 nitrogen and oxygen atoms in total. The van der Waals surface area contributed by atoms with Crippen LogP contribution in [0.4, 0.5) is 11.4 Å². The van der Waals surface area contributed by atoms with Crippen LogP contribution in [0.25, 0.3) is 0 Å². The van der Waals surface area contributed by atoms with Gasteiger partial charge in [0, 0.05) is 18.6 Å². The van der Waals surface area contributed by atoms with Gasteiger partial charge in [-0.15, -0.1) is 0 Å². The van der Waals surface area contributed by atoms with E-state index in [1.165, 1.54) is 12.1 Å². The van der Waals surface area contributed by atoms with Crippen LogP contribution < -0.4 is 5.43 Å². The van der Waals surface area contributed by atoms with E-state index in [1.54, 1.807) is 12.1 Å². The van der Waals surface area contributed by atoms with Crippen LogP contribution in [0.1, 0.15) is 25.7 Å². The van der Waals surface area contributed by atoms with Crippen molar-refractivity contribution in [1.29, 1.82) is 0 Å². The maximum absolute atomic E-state index is 11.5. The third-order valence-corrected chi connectivity index (χ3v) is 2.79. The average molecular weight is 247 g/mol. The summed E-state index contributed by atoms with van der Waals surface area (Å²) < 4.78 is 0. The van der Waals surface area contributed by atoms with Crippen molar-refractivity contribution in [1.82, 2.24) is 0 Å². The minimum atomic E-state index is -0.458. The van der Waals surface area contributed by atoms with Crippen molar-refractivity contribution in [2.24, 2.45) is 5.10 Å². The summed E-state index contributed by atoms with van der Waals surface area (Å²) in [6, 6.07) is 5.92. The molecule has 1 N–H and O–H groups in total. The largest absolute Gasteiger partial charge is 0.293 e. The topological polar surface area (TPSA) is 84.6 Å². The molecule has 0 unspecified atom stereocenters. The predicted molar refractivity (Wildman–Crippen MR) is 67.6 cm³/mol. The fourth-order valence-corrected chi connectivity index (χ4v) is 1.77. The molecular weight excluding hydrogens is 234 g/mol. The van der Waals surface area contributed by atoms with Gasteiger partial charge in [0.2, 0.25) is 0 Å². The van der Waals surface area contributed by atoms with Crippen molar-refractivity contribution < 1.29 is 9.72 Å². The SMILES string of the molecule is O=C1CCCC/C1=N/Nc1ccc([N+](=O)[O-])cc1. The first kappa shape index (κ1) is 12.2. The second-order valence-electron chi connectivity index (χ2n) is 4.10. The first-order valence-corrected chi connectivity index (χ1v) is 5.77. The quantitative estimate of drug-likeness (QED) is 0.656. The van der Waals surface area contributed by atoms with Gasteiger partial charge in [0.05, 0.1) is 10.6 Å². The lowest BCUT2D eigenvalue weighted by atomic mass is 9.97. The number of ketones is 1. The Bertz CT molecular complexity index is 494. The van der Waals surface area contributed by atoms with Crippen LogP contribution >= 0.6 is 0 Å². The van der Waals surface area contributed by atoms with E-state index in [-0.39, 0.29) is 11.5 Å². The fraction of sp³-hybridized carbons (Fsp3) is 0.333. The van der Waals surface area contributed by atoms with E-state index in [9.17, 15) is 14.9 Å². The second kappa shape index (κ2) is 5.39. The number of non-ortho nitro benzene ring substituents is 1. The zero-order valence-corrected chi connectivity index (χ0v) is 9.76. The Labute approximate surface area is 104 Å². The molecule has 0 radical (unpaired) electrons. The Kier molecular flexibility index (Phi) is 3.66. The number of benzene rings is 1. The molecule has 1 aliphatic carbocycles. The van der Waals surface area contributed by atoms with Gasteiger partial charge < -0.3 is 0 Å². The molecule has 1 aliphatic rings. The van der Waals surface area contributed by atoms with Crippen molar-refractivity contribution in [2.75, 3.05) is 5.43 Å². The Balaban J connectivity index is 2.03. The van der Waals surface area contributed by atoms with Crippen LogP contribution in [0.5, 0.6) is 0 Å². The number of rotatable bonds is 3. The summed E-state index contributed by atoms with van der Waals surface area (Å²) in [4.78, 5) is 21.5. The predicted octanol–water partition coefficient (Wildman–Crippen LogP) is 2.51. The molecule has 94 valence electrons. The Morgan fingerprint density at radius 1 is 1.17 bits per heavy atom. The summed E-state index contributed by atoms with van der Waals surface area (Å²) in [5.74, 6) is 0.0793. The van der Waals surface area contributed by atoms with E-state index in [0.29, 0.717) is 24.2 Å². The first-order chi connectivity index (χ1) is 8.66. The molecule has 1 fully saturated rings. The number of hydrogen-bond acceptors (Lipinski definition) is 5. The van der Waals surface area contributed by atoms with Gasteiger partial charge in [-0.05, 0) is 31.4 Å². The normalized spacial score (nSPS) is 17.8. The fourth-order valence-electron chi connectivity index (χ4n) is 1.77. The maximum Gasteiger partial charge on any atom is 0.269 e. The van der Waals surface area contributed by atoms with Crippen LogP contribution in [0.3, 0.4) is 0 Å². The summed E-state index contributed by atoms with van der Waals surface area (Å²) >= 11 is 0. The maximum atomic E-state index is 11.5. The summed E-state index contributed by atoms with van der Waals surface area (Å²) in [7, 11) is 0. The van der Waals surface area contributed by atoms with Crippen molar-refractivity contribution in [3.8, 4) is 0 Å². The highest BCUT2D eigenvalue weighted by Crippen LogP contribution is 2.16. The van der Waals surface area contributed by atoms with Crippen molar-refractivity contribution >= 4 is 22.9 Å². The molecule has 0 atom stereocenters. The molecule has 0 saturated heterocycles. The molecule has 2 rings (SSSR count). The number of nitro benzene ring substituents is 1. The highest BCUT2D eigenvalue weighted by molar-refractivity contribution is 6.40. The number of Topliss-reactive ketones (excluding diaryl/α,β-unsaturated/α-hetero) is 1. The summed E-state index contributed by atoms with van der Waals surface area (Å²) in [5.41, 5.74) is 3.97. The van der Waals surface area contributed by atoms with Crippen molar-refractivity contribution in [2.45, 2.75) is 25.7 Å². The lowest BCUT2D eigenvalue weighted by molar-refractivity contribution is -0.384. The number of carbonyl (C=O) groups is 1. The zero-order chi connectivity index (χ0) is 13.0. The highest BCUT2D eigenvalue weighted by atomic mass is 16.6. The number of nitrogens with zero attached hydrogens (tertiary/aromatic N) is 2. The van der Waals surface area contributed by atoms with Crippen LogP contribution in [-0.4, -0.2) is 16.4 Å². The third-order valence-electron chi connectivity index (χ3n) is 2.79. The van der Waals surface area contributed by atoms with Gasteiger partial charge in [-0.2, -0.15) is 5.10 Å². The molecule has 1 aromatic carbocycles. The number of nitro groups is 1. The van der Waals surface area contributed by atoms with Crippen molar-refractivity contribution in [3.63, 3.8) is 0 Å². The monoisotopic (exact) mass is 247 g/mol. The highest BCUT2D eigenvalue weighted by Gasteiger charge is 2.16. The minimum Gasteiger partial charge on any atom is -0.293 e. The molecule has 1 aromatic rings. The summed E-state index contributed by atoms with van der Waals surface area (Å²) in [6.45, 7) is 0. The van der Waals surface area contributed by atoms with Gasteiger partial charge in [-0.25, -0.2) is 0 Å². The molecule has 18 heavy (non-hydrogen) atoms. The molecule has 1 saturated carbocycles. The van der Waals surface area contributed by atoms with Gasteiger partial charge in [0.15, 0.2) is 5.78 Å². The average Bonchev–Trinajstić information content (AvgIpc) is 2.38. The van der Waals surface area contributed by atoms with Crippen LogP contribution in [0.15, 0.2) is 29.4 Å². The number of hydrogen-bond donors (Lipinski definition) is 1. The van der Waals surface area contributed by atoms with E-state index in [0.717, 1.165) is 12.8 Å². The van der Waals surface area contributed by atoms with Gasteiger partial charge in [0.25, 0.3) is 5.69 Å². The van der Waals surface area contributed by atoms with Gasteiger partial charge in [0.1, 0.15) is 5.71 Å². The third kappa shape index (κ3) is 2.91. The molecule has 0 bridgehead atoms. The molecular formula is C12H13N3O3. The van der Waals surface area contributed by atoms with E-state index < -0.39 is 4.92 Å². The number of anilines is 1. The Hall–Kier alpha value is -2.24. The van der Waals surface area contributed by atoms with Crippen molar-refractivity contribution in [3.05, 3.63) is 34.4 Å². The van der Waals surface area contributed by atoms with Crippen LogP contribution in [0, 0.1) is 10.1 Å². The van der Waals surface area contributed by atoms with E-state index >= 15 is 0 Å². The Morgan fingerprint density at radius 2 is 1.83 bits per heavy atom. The molecule has 0 aromatic heterocycles. The molecule has 0 amide bonds. The Morgan fingerprint density at radius 3 is 2.44 bits per heavy atom. The standard InChI is InChI=1S/C12H13N3O3/c16-12-4-2-1-3-11(12)14-13-9-5-7-10(8-6-9)15(17)18/h5-8,13H,1-4H2/b14-11-. The minimum absolute atomic E-state index is 0.0296. The number of nitrogens with one attached hydrogen (secondary N) is 1. The summed E-state index contributed by atoms with van der Waals surface area (Å²) in [5, 5.41) is 14.5. The zero-order valence-electron chi connectivity index (χ0n) is 9.76. The van der Waals surface area contributed by atoms with Crippen LogP contribution in [0.2, 0.25) is 0 Å². The lowest BCUT2D eigenvalue weighted by Crippen LogP contribution is -2.19. The van der Waals surface area contributed by atoms with E-state index in [1.807, 2.05) is 0 Å². The molecule has 0 heterocycles. The lowest BCUT2D eigenvalue weighted by Gasteiger charge is -2.11. The van der Waals surface area contributed by atoms with Gasteiger partial charge >= 0.3 is 0 Å². The summed E-state index contributed by atoms with van der Waals surface area (Å²) in [6.07, 6.45) is 3.15. The number of carbonyl (C=O) groups excluding carboxylic acids is 1. The van der Waals surface area contributed by atoms with E-state index in [4.69, 9.17) is 0 Å². The molecule has 6 heteroatoms. The van der Waals surface area contributed by atoms with Crippen LogP contribution in [-0.2, 0) is 4.79 Å². The second-order valence-corrected chi connectivity index (χ2v) is 4.10.